The zero-order valence-corrected chi connectivity index (χ0v) is 9.41. The summed E-state index contributed by atoms with van der Waals surface area (Å²) in [4.78, 5) is 22.4. The van der Waals surface area contributed by atoms with Crippen molar-refractivity contribution in [1.82, 2.24) is 5.32 Å². The predicted molar refractivity (Wildman–Crippen MR) is 57.1 cm³/mol. The highest BCUT2D eigenvalue weighted by Crippen LogP contribution is 2.10. The summed E-state index contributed by atoms with van der Waals surface area (Å²) in [5, 5.41) is 2.63. The van der Waals surface area contributed by atoms with Crippen LogP contribution < -0.4 is 5.32 Å². The number of aryl methyl sites for hydroxylation is 1. The molecule has 0 aliphatic carbocycles. The van der Waals surface area contributed by atoms with Gasteiger partial charge in [-0.2, -0.15) is 0 Å². The van der Waals surface area contributed by atoms with E-state index in [0.717, 1.165) is 0 Å². The highest BCUT2D eigenvalue weighted by atomic mass is 16.5. The van der Waals surface area contributed by atoms with Gasteiger partial charge in [-0.3, -0.25) is 9.59 Å². The molecule has 1 N–H and O–H groups in total. The van der Waals surface area contributed by atoms with Crippen molar-refractivity contribution < 1.29 is 18.7 Å². The van der Waals surface area contributed by atoms with Gasteiger partial charge >= 0.3 is 5.97 Å². The maximum absolute atomic E-state index is 11.6. The lowest BCUT2D eigenvalue weighted by Crippen LogP contribution is -2.26. The van der Waals surface area contributed by atoms with E-state index in [1.54, 1.807) is 6.07 Å². The van der Waals surface area contributed by atoms with E-state index in [9.17, 15) is 9.59 Å². The molecule has 1 rings (SSSR count). The van der Waals surface area contributed by atoms with Gasteiger partial charge in [-0.15, -0.1) is 0 Å². The number of carbonyl (C=O) groups is 2. The molecule has 0 aliphatic heterocycles. The minimum absolute atomic E-state index is 0.168. The largest absolute Gasteiger partial charge is 0.469 e. The topological polar surface area (TPSA) is 68.5 Å². The third kappa shape index (κ3) is 3.12. The normalized spacial score (nSPS) is 9.88. The molecule has 0 atom stereocenters. The van der Waals surface area contributed by atoms with Crippen molar-refractivity contribution in [2.45, 2.75) is 19.8 Å². The monoisotopic (exact) mass is 225 g/mol. The van der Waals surface area contributed by atoms with E-state index < -0.39 is 0 Å². The Morgan fingerprint density at radius 2 is 2.25 bits per heavy atom. The van der Waals surface area contributed by atoms with Crippen LogP contribution in [0.15, 0.2) is 16.7 Å². The lowest BCUT2D eigenvalue weighted by molar-refractivity contribution is -0.140. The molecule has 1 aromatic heterocycles. The molecule has 0 fully saturated rings. The molecule has 0 saturated heterocycles. The van der Waals surface area contributed by atoms with Crippen LogP contribution in [0.4, 0.5) is 0 Å². The molecule has 1 amide bonds. The van der Waals surface area contributed by atoms with Gasteiger partial charge in [0.15, 0.2) is 0 Å². The first kappa shape index (κ1) is 12.3. The summed E-state index contributed by atoms with van der Waals surface area (Å²) in [5.41, 5.74) is 0.521. The molecule has 0 unspecified atom stereocenters. The van der Waals surface area contributed by atoms with Crippen LogP contribution in [-0.2, 0) is 16.0 Å². The summed E-state index contributed by atoms with van der Waals surface area (Å²) in [6.07, 6.45) is 2.31. The summed E-state index contributed by atoms with van der Waals surface area (Å²) in [7, 11) is 1.31. The van der Waals surface area contributed by atoms with Crippen molar-refractivity contribution in [1.29, 1.82) is 0 Å². The predicted octanol–water partition coefficient (Wildman–Crippen LogP) is 1.13. The maximum atomic E-state index is 11.6. The van der Waals surface area contributed by atoms with Crippen molar-refractivity contribution in [3.05, 3.63) is 23.7 Å². The SMILES string of the molecule is CCc1occc1C(=O)NCCC(=O)OC. The van der Waals surface area contributed by atoms with E-state index in [0.29, 0.717) is 17.7 Å². The molecule has 0 radical (unpaired) electrons. The van der Waals surface area contributed by atoms with Crippen LogP contribution in [0.1, 0.15) is 29.5 Å². The molecule has 5 heteroatoms. The second kappa shape index (κ2) is 5.95. The van der Waals surface area contributed by atoms with Gasteiger partial charge in [0.25, 0.3) is 5.91 Å². The maximum Gasteiger partial charge on any atom is 0.307 e. The van der Waals surface area contributed by atoms with Crippen molar-refractivity contribution >= 4 is 11.9 Å². The average molecular weight is 225 g/mol. The van der Waals surface area contributed by atoms with Gasteiger partial charge < -0.3 is 14.5 Å². The van der Waals surface area contributed by atoms with Crippen LogP contribution in [0, 0.1) is 0 Å². The van der Waals surface area contributed by atoms with E-state index in [4.69, 9.17) is 4.42 Å². The number of nitrogens with one attached hydrogen (secondary N) is 1. The summed E-state index contributed by atoms with van der Waals surface area (Å²) in [5.74, 6) is 0.0771. The first-order valence-corrected chi connectivity index (χ1v) is 5.10. The molecular weight excluding hydrogens is 210 g/mol. The fourth-order valence-corrected chi connectivity index (χ4v) is 1.29. The van der Waals surface area contributed by atoms with Gasteiger partial charge in [0.05, 0.1) is 25.4 Å². The van der Waals surface area contributed by atoms with Crippen molar-refractivity contribution in [3.63, 3.8) is 0 Å². The van der Waals surface area contributed by atoms with Gasteiger partial charge in [-0.1, -0.05) is 6.92 Å². The average Bonchev–Trinajstić information content (AvgIpc) is 2.76. The third-order valence-corrected chi connectivity index (χ3v) is 2.15. The molecule has 0 spiro atoms. The van der Waals surface area contributed by atoms with Crippen molar-refractivity contribution in [3.8, 4) is 0 Å². The first-order valence-electron chi connectivity index (χ1n) is 5.10. The highest BCUT2D eigenvalue weighted by molar-refractivity contribution is 5.95. The number of hydrogen-bond donors (Lipinski definition) is 1. The van der Waals surface area contributed by atoms with Crippen LogP contribution >= 0.6 is 0 Å². The molecule has 5 nitrogen and oxygen atoms in total. The van der Waals surface area contributed by atoms with Gasteiger partial charge in [0.2, 0.25) is 0 Å². The Kier molecular flexibility index (Phi) is 4.57. The second-order valence-corrected chi connectivity index (χ2v) is 3.19. The zero-order valence-electron chi connectivity index (χ0n) is 9.41. The van der Waals surface area contributed by atoms with E-state index in [1.807, 2.05) is 6.92 Å². The summed E-state index contributed by atoms with van der Waals surface area (Å²) in [6.45, 7) is 2.17. The fraction of sp³-hybridized carbons (Fsp3) is 0.455. The van der Waals surface area contributed by atoms with Crippen molar-refractivity contribution in [2.75, 3.05) is 13.7 Å². The lowest BCUT2D eigenvalue weighted by Gasteiger charge is -2.03. The molecule has 0 aliphatic rings. The lowest BCUT2D eigenvalue weighted by atomic mass is 10.2. The van der Waals surface area contributed by atoms with Gasteiger partial charge in [0, 0.05) is 13.0 Å². The van der Waals surface area contributed by atoms with E-state index in [1.165, 1.54) is 13.4 Å². The van der Waals surface area contributed by atoms with Gasteiger partial charge in [-0.25, -0.2) is 0 Å². The number of furan rings is 1. The van der Waals surface area contributed by atoms with Gasteiger partial charge in [0.1, 0.15) is 5.76 Å². The highest BCUT2D eigenvalue weighted by Gasteiger charge is 2.12. The Bertz CT molecular complexity index is 370. The minimum Gasteiger partial charge on any atom is -0.469 e. The van der Waals surface area contributed by atoms with Crippen LogP contribution in [0.5, 0.6) is 0 Å². The molecule has 0 bridgehead atoms. The number of ether oxygens (including phenoxy) is 1. The van der Waals surface area contributed by atoms with Crippen LogP contribution in [0.25, 0.3) is 0 Å². The van der Waals surface area contributed by atoms with Crippen LogP contribution in [0.3, 0.4) is 0 Å². The fourth-order valence-electron chi connectivity index (χ4n) is 1.29. The van der Waals surface area contributed by atoms with Crippen LogP contribution in [-0.4, -0.2) is 25.5 Å². The molecule has 88 valence electrons. The Hall–Kier alpha value is -1.78. The quantitative estimate of drug-likeness (QED) is 0.763. The second-order valence-electron chi connectivity index (χ2n) is 3.19. The number of amides is 1. The molecular formula is C11H15NO4. The van der Waals surface area contributed by atoms with E-state index >= 15 is 0 Å². The minimum atomic E-state index is -0.344. The Morgan fingerprint density at radius 1 is 1.50 bits per heavy atom. The number of esters is 1. The first-order chi connectivity index (χ1) is 7.69. The smallest absolute Gasteiger partial charge is 0.307 e. The molecule has 1 heterocycles. The van der Waals surface area contributed by atoms with E-state index in [2.05, 4.69) is 10.1 Å². The Labute approximate surface area is 93.8 Å². The Balaban J connectivity index is 2.44. The zero-order chi connectivity index (χ0) is 12.0. The number of methoxy groups -OCH3 is 1. The number of carbonyl (C=O) groups excluding carboxylic acids is 2. The van der Waals surface area contributed by atoms with Crippen molar-refractivity contribution in [2.24, 2.45) is 0 Å². The molecule has 1 aromatic rings. The van der Waals surface area contributed by atoms with Gasteiger partial charge in [-0.05, 0) is 6.07 Å². The van der Waals surface area contributed by atoms with Crippen LogP contribution in [0.2, 0.25) is 0 Å². The standard InChI is InChI=1S/C11H15NO4/c1-3-9-8(5-7-16-9)11(14)12-6-4-10(13)15-2/h5,7H,3-4,6H2,1-2H3,(H,12,14). The summed E-state index contributed by atoms with van der Waals surface area (Å²) < 4.78 is 9.59. The van der Waals surface area contributed by atoms with E-state index in [-0.39, 0.29) is 24.8 Å². The Morgan fingerprint density at radius 3 is 2.88 bits per heavy atom. The molecule has 0 saturated carbocycles. The summed E-state index contributed by atoms with van der Waals surface area (Å²) >= 11 is 0. The molecule has 0 aromatic carbocycles. The third-order valence-electron chi connectivity index (χ3n) is 2.15. The summed E-state index contributed by atoms with van der Waals surface area (Å²) in [6, 6.07) is 1.62. The number of rotatable bonds is 5. The molecule has 16 heavy (non-hydrogen) atoms. The number of hydrogen-bond acceptors (Lipinski definition) is 4.